The van der Waals surface area contributed by atoms with Crippen molar-refractivity contribution in [3.63, 3.8) is 0 Å². The van der Waals surface area contributed by atoms with Crippen LogP contribution in [0.2, 0.25) is 0 Å². The van der Waals surface area contributed by atoms with E-state index in [9.17, 15) is 4.79 Å². The van der Waals surface area contributed by atoms with E-state index < -0.39 is 0 Å². The number of rotatable bonds is 4. The van der Waals surface area contributed by atoms with Gasteiger partial charge in [0.1, 0.15) is 12.1 Å². The first kappa shape index (κ1) is 16.5. The van der Waals surface area contributed by atoms with Crippen molar-refractivity contribution >= 4 is 33.2 Å². The fourth-order valence-electron chi connectivity index (χ4n) is 2.06. The molecule has 6 heteroatoms. The summed E-state index contributed by atoms with van der Waals surface area (Å²) in [5.41, 5.74) is 2.69. The Kier molecular flexibility index (Phi) is 5.35. The van der Waals surface area contributed by atoms with Crippen LogP contribution in [0.3, 0.4) is 0 Å². The first-order valence-electron chi connectivity index (χ1n) is 6.78. The van der Waals surface area contributed by atoms with Gasteiger partial charge in [0.15, 0.2) is 0 Å². The molecule has 0 fully saturated rings. The highest BCUT2D eigenvalue weighted by atomic mass is 79.9. The highest BCUT2D eigenvalue weighted by molar-refractivity contribution is 9.10. The van der Waals surface area contributed by atoms with Gasteiger partial charge in [0, 0.05) is 10.2 Å². The number of halogens is 1. The zero-order valence-corrected chi connectivity index (χ0v) is 13.9. The Balaban J connectivity index is 2.08. The Labute approximate surface area is 142 Å². The fraction of sp³-hybridized carbons (Fsp3) is 0.118. The third-order valence-corrected chi connectivity index (χ3v) is 3.69. The van der Waals surface area contributed by atoms with Gasteiger partial charge in [-0.05, 0) is 42.8 Å². The van der Waals surface area contributed by atoms with Crippen molar-refractivity contribution < 1.29 is 4.79 Å². The van der Waals surface area contributed by atoms with Gasteiger partial charge in [-0.15, -0.1) is 0 Å². The molecule has 5 nitrogen and oxygen atoms in total. The molecule has 0 aliphatic heterocycles. The van der Waals surface area contributed by atoms with Gasteiger partial charge in [-0.1, -0.05) is 22.0 Å². The van der Waals surface area contributed by atoms with Gasteiger partial charge in [-0.2, -0.15) is 10.5 Å². The van der Waals surface area contributed by atoms with Gasteiger partial charge in [0.25, 0.3) is 0 Å². The van der Waals surface area contributed by atoms with Crippen molar-refractivity contribution in [2.24, 2.45) is 0 Å². The monoisotopic (exact) mass is 368 g/mol. The summed E-state index contributed by atoms with van der Waals surface area (Å²) in [6.45, 7) is 1.86. The number of nitrogens with zero attached hydrogens (tertiary/aromatic N) is 2. The van der Waals surface area contributed by atoms with Crippen molar-refractivity contribution in [2.45, 2.75) is 6.92 Å². The van der Waals surface area contributed by atoms with E-state index in [4.69, 9.17) is 10.5 Å². The molecule has 2 rings (SSSR count). The summed E-state index contributed by atoms with van der Waals surface area (Å²) in [5.74, 6) is -0.257. The first-order valence-corrected chi connectivity index (χ1v) is 7.57. The van der Waals surface area contributed by atoms with E-state index in [-0.39, 0.29) is 12.5 Å². The fourth-order valence-corrected chi connectivity index (χ4v) is 2.54. The molecule has 0 radical (unpaired) electrons. The van der Waals surface area contributed by atoms with Crippen LogP contribution in [0.1, 0.15) is 16.7 Å². The highest BCUT2D eigenvalue weighted by Crippen LogP contribution is 2.21. The third-order valence-electron chi connectivity index (χ3n) is 3.19. The lowest BCUT2D eigenvalue weighted by atomic mass is 10.1. The van der Waals surface area contributed by atoms with Crippen molar-refractivity contribution in [1.29, 1.82) is 10.5 Å². The number of nitrogens with one attached hydrogen (secondary N) is 2. The van der Waals surface area contributed by atoms with Crippen LogP contribution in [0.4, 0.5) is 11.4 Å². The second-order valence-electron chi connectivity index (χ2n) is 4.81. The number of hydrogen-bond donors (Lipinski definition) is 2. The molecule has 0 aliphatic carbocycles. The van der Waals surface area contributed by atoms with E-state index >= 15 is 0 Å². The molecule has 0 aliphatic rings. The maximum Gasteiger partial charge on any atom is 0.243 e. The number of anilines is 2. The topological polar surface area (TPSA) is 88.7 Å². The van der Waals surface area contributed by atoms with Crippen LogP contribution >= 0.6 is 15.9 Å². The van der Waals surface area contributed by atoms with Gasteiger partial charge in [0.2, 0.25) is 5.91 Å². The number of aryl methyl sites for hydroxylation is 1. The zero-order valence-electron chi connectivity index (χ0n) is 12.4. The average Bonchev–Trinajstić information content (AvgIpc) is 2.55. The molecule has 0 aromatic heterocycles. The number of carbonyl (C=O) groups is 1. The van der Waals surface area contributed by atoms with E-state index in [2.05, 4.69) is 26.6 Å². The van der Waals surface area contributed by atoms with E-state index in [1.165, 1.54) is 0 Å². The molecule has 0 heterocycles. The Hall–Kier alpha value is -2.83. The summed E-state index contributed by atoms with van der Waals surface area (Å²) in [6, 6.07) is 14.4. The van der Waals surface area contributed by atoms with Gasteiger partial charge in [-0.3, -0.25) is 4.79 Å². The molecular weight excluding hydrogens is 356 g/mol. The quantitative estimate of drug-likeness (QED) is 0.863. The minimum Gasteiger partial charge on any atom is -0.374 e. The number of carbonyl (C=O) groups excluding carboxylic acids is 1. The van der Waals surface area contributed by atoms with Crippen LogP contribution in [-0.2, 0) is 4.79 Å². The molecule has 0 saturated carbocycles. The zero-order chi connectivity index (χ0) is 16.8. The lowest BCUT2D eigenvalue weighted by Crippen LogP contribution is -2.22. The minimum absolute atomic E-state index is 0.0388. The number of nitriles is 2. The summed E-state index contributed by atoms with van der Waals surface area (Å²) >= 11 is 3.37. The highest BCUT2D eigenvalue weighted by Gasteiger charge is 2.10. The maximum absolute atomic E-state index is 12.1. The van der Waals surface area contributed by atoms with Crippen LogP contribution in [-0.4, -0.2) is 12.5 Å². The minimum atomic E-state index is -0.257. The predicted molar refractivity (Wildman–Crippen MR) is 91.9 cm³/mol. The summed E-state index contributed by atoms with van der Waals surface area (Å²) in [5, 5.41) is 23.9. The molecule has 1 amide bonds. The van der Waals surface area contributed by atoms with Crippen molar-refractivity contribution in [2.75, 3.05) is 17.2 Å². The number of para-hydroxylation sites is 1. The molecule has 0 atom stereocenters. The standard InChI is InChI=1S/C17H13BrN4O/c1-11-7-14(18)5-6-15(11)22-16(23)10-21-17-12(8-19)3-2-4-13(17)9-20/h2-7,21H,10H2,1H3,(H,22,23). The normalized spacial score (nSPS) is 9.57. The molecule has 0 unspecified atom stereocenters. The molecule has 0 saturated heterocycles. The molecule has 0 bridgehead atoms. The summed E-state index contributed by atoms with van der Waals surface area (Å²) in [7, 11) is 0. The largest absolute Gasteiger partial charge is 0.374 e. The van der Waals surface area contributed by atoms with E-state index in [1.807, 2.05) is 31.2 Å². The molecule has 2 aromatic rings. The smallest absolute Gasteiger partial charge is 0.243 e. The lowest BCUT2D eigenvalue weighted by molar-refractivity contribution is -0.114. The van der Waals surface area contributed by atoms with Gasteiger partial charge < -0.3 is 10.6 Å². The lowest BCUT2D eigenvalue weighted by Gasteiger charge is -2.12. The Morgan fingerprint density at radius 1 is 1.17 bits per heavy atom. The third kappa shape index (κ3) is 4.09. The molecule has 23 heavy (non-hydrogen) atoms. The van der Waals surface area contributed by atoms with E-state index in [1.54, 1.807) is 24.3 Å². The van der Waals surface area contributed by atoms with Crippen molar-refractivity contribution in [1.82, 2.24) is 0 Å². The van der Waals surface area contributed by atoms with Gasteiger partial charge in [0.05, 0.1) is 23.4 Å². The summed E-state index contributed by atoms with van der Waals surface area (Å²) in [4.78, 5) is 12.1. The number of hydrogen-bond acceptors (Lipinski definition) is 4. The maximum atomic E-state index is 12.1. The molecule has 0 spiro atoms. The first-order chi connectivity index (χ1) is 11.0. The Morgan fingerprint density at radius 3 is 2.39 bits per heavy atom. The second kappa shape index (κ2) is 7.44. The summed E-state index contributed by atoms with van der Waals surface area (Å²) < 4.78 is 0.938. The van der Waals surface area contributed by atoms with Gasteiger partial charge >= 0.3 is 0 Å². The number of amides is 1. The average molecular weight is 369 g/mol. The second-order valence-corrected chi connectivity index (χ2v) is 5.73. The van der Waals surface area contributed by atoms with Crippen molar-refractivity contribution in [3.8, 4) is 12.1 Å². The van der Waals surface area contributed by atoms with E-state index in [0.29, 0.717) is 22.5 Å². The Morgan fingerprint density at radius 2 is 1.83 bits per heavy atom. The molecular formula is C17H13BrN4O. The number of benzene rings is 2. The van der Waals surface area contributed by atoms with Crippen LogP contribution in [0, 0.1) is 29.6 Å². The SMILES string of the molecule is Cc1cc(Br)ccc1NC(=O)CNc1c(C#N)cccc1C#N. The van der Waals surface area contributed by atoms with E-state index in [0.717, 1.165) is 10.0 Å². The van der Waals surface area contributed by atoms with Crippen LogP contribution in [0.25, 0.3) is 0 Å². The van der Waals surface area contributed by atoms with Crippen molar-refractivity contribution in [3.05, 3.63) is 57.6 Å². The van der Waals surface area contributed by atoms with Gasteiger partial charge in [-0.25, -0.2) is 0 Å². The van der Waals surface area contributed by atoms with Crippen LogP contribution in [0.5, 0.6) is 0 Å². The summed E-state index contributed by atoms with van der Waals surface area (Å²) in [6.07, 6.45) is 0. The van der Waals surface area contributed by atoms with Crippen LogP contribution < -0.4 is 10.6 Å². The molecule has 2 aromatic carbocycles. The molecule has 114 valence electrons. The Bertz CT molecular complexity index is 801. The van der Waals surface area contributed by atoms with Crippen LogP contribution in [0.15, 0.2) is 40.9 Å². The molecule has 2 N–H and O–H groups in total. The predicted octanol–water partition coefficient (Wildman–Crippen LogP) is 3.55.